The molecule has 2 rings (SSSR count). The minimum absolute atomic E-state index is 0.400. The fourth-order valence-electron chi connectivity index (χ4n) is 1.91. The molecule has 0 aromatic rings. The summed E-state index contributed by atoms with van der Waals surface area (Å²) in [5, 5.41) is 0. The lowest BCUT2D eigenvalue weighted by molar-refractivity contribution is -0.132. The molecular formula is C8H10O. The first-order valence-electron chi connectivity index (χ1n) is 3.47. The van der Waals surface area contributed by atoms with Crippen LogP contribution in [-0.2, 0) is 4.79 Å². The van der Waals surface area contributed by atoms with E-state index in [0.717, 1.165) is 19.3 Å². The van der Waals surface area contributed by atoms with Crippen LogP contribution in [0.2, 0.25) is 0 Å². The Hall–Kier alpha value is -0.590. The Morgan fingerprint density at radius 2 is 2.11 bits per heavy atom. The molecule has 2 fully saturated rings. The molecule has 0 bridgehead atoms. The molecule has 2 aliphatic carbocycles. The third kappa shape index (κ3) is 0.576. The van der Waals surface area contributed by atoms with E-state index in [4.69, 9.17) is 0 Å². The molecule has 9 heavy (non-hydrogen) atoms. The molecule has 0 heterocycles. The molecule has 0 aromatic heterocycles. The molecule has 0 aromatic carbocycles. The van der Waals surface area contributed by atoms with Gasteiger partial charge in [-0.3, -0.25) is 4.79 Å². The quantitative estimate of drug-likeness (QED) is 0.445. The maximum absolute atomic E-state index is 10.8. The predicted molar refractivity (Wildman–Crippen MR) is 35.0 cm³/mol. The van der Waals surface area contributed by atoms with Crippen LogP contribution in [0.15, 0.2) is 12.2 Å². The van der Waals surface area contributed by atoms with E-state index in [-0.39, 0.29) is 0 Å². The molecule has 2 atom stereocenters. The fourth-order valence-corrected chi connectivity index (χ4v) is 1.91. The van der Waals surface area contributed by atoms with Gasteiger partial charge in [0.25, 0.3) is 0 Å². The van der Waals surface area contributed by atoms with Gasteiger partial charge in [-0.1, -0.05) is 12.2 Å². The summed E-state index contributed by atoms with van der Waals surface area (Å²) in [6, 6.07) is 0. The van der Waals surface area contributed by atoms with Gasteiger partial charge in [0, 0.05) is 12.3 Å². The van der Waals surface area contributed by atoms with Gasteiger partial charge in [0.1, 0.15) is 5.78 Å². The third-order valence-corrected chi connectivity index (χ3v) is 2.51. The van der Waals surface area contributed by atoms with E-state index >= 15 is 0 Å². The monoisotopic (exact) mass is 122 g/mol. The first-order chi connectivity index (χ1) is 4.27. The van der Waals surface area contributed by atoms with E-state index < -0.39 is 0 Å². The average molecular weight is 122 g/mol. The standard InChI is InChI=1S/C8H10O/c1-5-2-6-4-8(9)7(6)3-5/h6-7H,1-4H2/t6-,7-/m1/s1. The van der Waals surface area contributed by atoms with Crippen LogP contribution in [0.1, 0.15) is 19.3 Å². The third-order valence-electron chi connectivity index (χ3n) is 2.51. The van der Waals surface area contributed by atoms with Crippen molar-refractivity contribution in [3.8, 4) is 0 Å². The Bertz CT molecular complexity index is 179. The second-order valence-electron chi connectivity index (χ2n) is 3.20. The summed E-state index contributed by atoms with van der Waals surface area (Å²) in [4.78, 5) is 10.8. The Kier molecular flexibility index (Phi) is 0.850. The molecule has 2 saturated carbocycles. The Balaban J connectivity index is 2.16. The minimum atomic E-state index is 0.400. The lowest BCUT2D eigenvalue weighted by Gasteiger charge is -2.27. The maximum atomic E-state index is 10.8. The number of fused-ring (bicyclic) bond motifs is 1. The van der Waals surface area contributed by atoms with Crippen molar-refractivity contribution in [1.29, 1.82) is 0 Å². The number of hydrogen-bond acceptors (Lipinski definition) is 1. The van der Waals surface area contributed by atoms with Gasteiger partial charge in [-0.15, -0.1) is 0 Å². The fraction of sp³-hybridized carbons (Fsp3) is 0.625. The largest absolute Gasteiger partial charge is 0.299 e. The molecule has 0 spiro atoms. The van der Waals surface area contributed by atoms with Crippen molar-refractivity contribution in [2.75, 3.05) is 0 Å². The second-order valence-corrected chi connectivity index (χ2v) is 3.20. The lowest BCUT2D eigenvalue weighted by Crippen LogP contribution is -2.32. The number of carbonyl (C=O) groups is 1. The van der Waals surface area contributed by atoms with Crippen molar-refractivity contribution >= 4 is 5.78 Å². The molecular weight excluding hydrogens is 112 g/mol. The molecule has 48 valence electrons. The molecule has 2 aliphatic rings. The number of rotatable bonds is 0. The highest BCUT2D eigenvalue weighted by Gasteiger charge is 2.43. The number of hydrogen-bond donors (Lipinski definition) is 0. The Labute approximate surface area is 54.8 Å². The van der Waals surface area contributed by atoms with E-state index in [9.17, 15) is 4.79 Å². The van der Waals surface area contributed by atoms with Crippen LogP contribution in [-0.4, -0.2) is 5.78 Å². The van der Waals surface area contributed by atoms with Crippen molar-refractivity contribution in [2.24, 2.45) is 11.8 Å². The average Bonchev–Trinajstić information content (AvgIpc) is 2.08. The number of Topliss-reactive ketones (excluding diaryl/α,β-unsaturated/α-hetero) is 1. The van der Waals surface area contributed by atoms with Gasteiger partial charge in [-0.25, -0.2) is 0 Å². The van der Waals surface area contributed by atoms with Gasteiger partial charge in [0.15, 0.2) is 0 Å². The summed E-state index contributed by atoms with van der Waals surface area (Å²) in [5.41, 5.74) is 1.29. The topological polar surface area (TPSA) is 17.1 Å². The van der Waals surface area contributed by atoms with Crippen LogP contribution in [0, 0.1) is 11.8 Å². The van der Waals surface area contributed by atoms with E-state index in [1.54, 1.807) is 0 Å². The SMILES string of the molecule is C=C1C[C@@H]2CC(=O)[C@@H]2C1. The first kappa shape index (κ1) is 5.21. The van der Waals surface area contributed by atoms with Crippen LogP contribution < -0.4 is 0 Å². The molecule has 0 radical (unpaired) electrons. The summed E-state index contributed by atoms with van der Waals surface area (Å²) in [5.74, 6) is 1.57. The van der Waals surface area contributed by atoms with Gasteiger partial charge in [0.05, 0.1) is 0 Å². The van der Waals surface area contributed by atoms with Gasteiger partial charge in [-0.05, 0) is 18.8 Å². The summed E-state index contributed by atoms with van der Waals surface area (Å²) in [6.45, 7) is 3.88. The molecule has 0 saturated heterocycles. The zero-order valence-corrected chi connectivity index (χ0v) is 5.39. The second kappa shape index (κ2) is 1.47. The highest BCUT2D eigenvalue weighted by atomic mass is 16.1. The van der Waals surface area contributed by atoms with E-state index in [1.165, 1.54) is 5.57 Å². The maximum Gasteiger partial charge on any atom is 0.136 e. The number of ketones is 1. The van der Waals surface area contributed by atoms with Crippen molar-refractivity contribution in [3.05, 3.63) is 12.2 Å². The van der Waals surface area contributed by atoms with Gasteiger partial charge >= 0.3 is 0 Å². The smallest absolute Gasteiger partial charge is 0.136 e. The highest BCUT2D eigenvalue weighted by molar-refractivity contribution is 5.88. The van der Waals surface area contributed by atoms with Crippen molar-refractivity contribution in [2.45, 2.75) is 19.3 Å². The van der Waals surface area contributed by atoms with E-state index in [2.05, 4.69) is 6.58 Å². The van der Waals surface area contributed by atoms with Crippen LogP contribution in [0.5, 0.6) is 0 Å². The predicted octanol–water partition coefficient (Wildman–Crippen LogP) is 1.54. The van der Waals surface area contributed by atoms with Crippen LogP contribution in [0.3, 0.4) is 0 Å². The first-order valence-corrected chi connectivity index (χ1v) is 3.47. The van der Waals surface area contributed by atoms with E-state index in [0.29, 0.717) is 17.6 Å². The summed E-state index contributed by atoms with van der Waals surface area (Å²) in [6.07, 6.45) is 2.95. The summed E-state index contributed by atoms with van der Waals surface area (Å²) >= 11 is 0. The minimum Gasteiger partial charge on any atom is -0.299 e. The molecule has 0 unspecified atom stereocenters. The van der Waals surface area contributed by atoms with Crippen LogP contribution in [0.4, 0.5) is 0 Å². The highest BCUT2D eigenvalue weighted by Crippen LogP contribution is 2.45. The van der Waals surface area contributed by atoms with Crippen molar-refractivity contribution in [1.82, 2.24) is 0 Å². The van der Waals surface area contributed by atoms with Crippen molar-refractivity contribution < 1.29 is 4.79 Å². The summed E-state index contributed by atoms with van der Waals surface area (Å²) in [7, 11) is 0. The zero-order chi connectivity index (χ0) is 6.43. The number of carbonyl (C=O) groups excluding carboxylic acids is 1. The van der Waals surface area contributed by atoms with Gasteiger partial charge in [0.2, 0.25) is 0 Å². The van der Waals surface area contributed by atoms with Crippen LogP contribution >= 0.6 is 0 Å². The zero-order valence-electron chi connectivity index (χ0n) is 5.39. The molecule has 1 heteroatoms. The Morgan fingerprint density at radius 3 is 2.56 bits per heavy atom. The number of allylic oxidation sites excluding steroid dienone is 1. The summed E-state index contributed by atoms with van der Waals surface area (Å²) < 4.78 is 0. The van der Waals surface area contributed by atoms with E-state index in [1.807, 2.05) is 0 Å². The molecule has 1 nitrogen and oxygen atoms in total. The van der Waals surface area contributed by atoms with Crippen molar-refractivity contribution in [3.63, 3.8) is 0 Å². The van der Waals surface area contributed by atoms with Gasteiger partial charge < -0.3 is 0 Å². The molecule has 0 aliphatic heterocycles. The molecule has 0 amide bonds. The lowest BCUT2D eigenvalue weighted by atomic mass is 9.75. The Morgan fingerprint density at radius 1 is 1.33 bits per heavy atom. The van der Waals surface area contributed by atoms with Crippen LogP contribution in [0.25, 0.3) is 0 Å². The molecule has 0 N–H and O–H groups in total. The van der Waals surface area contributed by atoms with Gasteiger partial charge in [-0.2, -0.15) is 0 Å². The normalized spacial score (nSPS) is 40.4.